The highest BCUT2D eigenvalue weighted by atomic mass is 16.6. The molecule has 2 heteroatoms. The van der Waals surface area contributed by atoms with E-state index in [-0.39, 0.29) is 0 Å². The van der Waals surface area contributed by atoms with Crippen molar-refractivity contribution in [3.05, 3.63) is 23.0 Å². The molecule has 2 rings (SSSR count). The molecule has 1 aliphatic rings. The number of epoxide rings is 1. The smallest absolute Gasteiger partial charge is 0.108 e. The van der Waals surface area contributed by atoms with Gasteiger partial charge in [-0.05, 0) is 19.9 Å². The van der Waals surface area contributed by atoms with E-state index < -0.39 is 0 Å². The van der Waals surface area contributed by atoms with E-state index in [1.807, 2.05) is 0 Å². The van der Waals surface area contributed by atoms with Gasteiger partial charge in [0, 0.05) is 17.0 Å². The van der Waals surface area contributed by atoms with Crippen molar-refractivity contribution < 1.29 is 4.74 Å². The molecule has 2 nitrogen and oxygen atoms in total. The number of ether oxygens (including phenoxy) is 1. The lowest BCUT2D eigenvalue weighted by Gasteiger charge is -1.88. The largest absolute Gasteiger partial charge is 0.368 e. The standard InChI is InChI=1S/C8H11NO/c1-5-3-7(6(2)9-5)8-4-10-8/h3,8-9H,4H2,1-2H3. The number of hydrogen-bond acceptors (Lipinski definition) is 1. The lowest BCUT2D eigenvalue weighted by Crippen LogP contribution is -1.79. The van der Waals surface area contributed by atoms with E-state index in [9.17, 15) is 0 Å². The van der Waals surface area contributed by atoms with Gasteiger partial charge in [-0.1, -0.05) is 0 Å². The maximum atomic E-state index is 5.17. The van der Waals surface area contributed by atoms with Crippen LogP contribution in [0.4, 0.5) is 0 Å². The molecule has 0 aromatic carbocycles. The van der Waals surface area contributed by atoms with Crippen molar-refractivity contribution in [1.29, 1.82) is 0 Å². The predicted molar refractivity (Wildman–Crippen MR) is 39.0 cm³/mol. The Kier molecular flexibility index (Phi) is 1.11. The Morgan fingerprint density at radius 3 is 2.70 bits per heavy atom. The summed E-state index contributed by atoms with van der Waals surface area (Å²) in [6.45, 7) is 5.06. The third kappa shape index (κ3) is 0.847. The van der Waals surface area contributed by atoms with E-state index in [0.29, 0.717) is 6.10 Å². The number of aryl methyl sites for hydroxylation is 2. The number of H-pyrrole nitrogens is 1. The van der Waals surface area contributed by atoms with Crippen LogP contribution in [0.25, 0.3) is 0 Å². The normalized spacial score (nSPS) is 23.2. The quantitative estimate of drug-likeness (QED) is 0.586. The van der Waals surface area contributed by atoms with E-state index in [1.165, 1.54) is 17.0 Å². The highest BCUT2D eigenvalue weighted by molar-refractivity contribution is 5.28. The van der Waals surface area contributed by atoms with Gasteiger partial charge < -0.3 is 9.72 Å². The summed E-state index contributed by atoms with van der Waals surface area (Å²) in [7, 11) is 0. The highest BCUT2D eigenvalue weighted by Gasteiger charge is 2.27. The second-order valence-electron chi connectivity index (χ2n) is 2.85. The zero-order chi connectivity index (χ0) is 7.14. The van der Waals surface area contributed by atoms with Gasteiger partial charge in [0.1, 0.15) is 6.10 Å². The first-order valence-electron chi connectivity index (χ1n) is 3.55. The Morgan fingerprint density at radius 1 is 1.60 bits per heavy atom. The lowest BCUT2D eigenvalue weighted by molar-refractivity contribution is 0.415. The molecule has 1 N–H and O–H groups in total. The Hall–Kier alpha value is -0.760. The van der Waals surface area contributed by atoms with Crippen LogP contribution in [0.3, 0.4) is 0 Å². The van der Waals surface area contributed by atoms with Crippen molar-refractivity contribution >= 4 is 0 Å². The van der Waals surface area contributed by atoms with Gasteiger partial charge >= 0.3 is 0 Å². The fourth-order valence-corrected chi connectivity index (χ4v) is 1.31. The molecule has 0 amide bonds. The average molecular weight is 137 g/mol. The first kappa shape index (κ1) is 5.98. The summed E-state index contributed by atoms with van der Waals surface area (Å²) < 4.78 is 5.17. The van der Waals surface area contributed by atoms with Gasteiger partial charge in [0.05, 0.1) is 6.61 Å². The molecule has 1 aromatic heterocycles. The SMILES string of the molecule is Cc1cc(C2CO2)c(C)[nH]1. The molecular weight excluding hydrogens is 126 g/mol. The first-order valence-corrected chi connectivity index (χ1v) is 3.55. The molecule has 0 aliphatic carbocycles. The van der Waals surface area contributed by atoms with Crippen molar-refractivity contribution in [2.45, 2.75) is 20.0 Å². The minimum absolute atomic E-state index is 0.393. The van der Waals surface area contributed by atoms with Crippen molar-refractivity contribution in [2.75, 3.05) is 6.61 Å². The fourth-order valence-electron chi connectivity index (χ4n) is 1.31. The van der Waals surface area contributed by atoms with Crippen LogP contribution in [0.15, 0.2) is 6.07 Å². The minimum Gasteiger partial charge on any atom is -0.368 e. The minimum atomic E-state index is 0.393. The predicted octanol–water partition coefficient (Wildman–Crippen LogP) is 1.70. The molecule has 1 fully saturated rings. The molecule has 10 heavy (non-hydrogen) atoms. The van der Waals surface area contributed by atoms with Crippen LogP contribution in [0.5, 0.6) is 0 Å². The Morgan fingerprint density at radius 2 is 2.30 bits per heavy atom. The van der Waals surface area contributed by atoms with E-state index in [1.54, 1.807) is 0 Å². The second-order valence-corrected chi connectivity index (χ2v) is 2.85. The number of nitrogens with one attached hydrogen (secondary N) is 1. The summed E-state index contributed by atoms with van der Waals surface area (Å²) in [5.41, 5.74) is 3.81. The molecule has 0 spiro atoms. The first-order chi connectivity index (χ1) is 4.77. The van der Waals surface area contributed by atoms with Crippen molar-refractivity contribution in [1.82, 2.24) is 4.98 Å². The third-order valence-corrected chi connectivity index (χ3v) is 1.87. The van der Waals surface area contributed by atoms with Crippen molar-refractivity contribution in [2.24, 2.45) is 0 Å². The van der Waals surface area contributed by atoms with Crippen LogP contribution >= 0.6 is 0 Å². The molecule has 1 unspecified atom stereocenters. The Bertz CT molecular complexity index is 248. The number of aromatic amines is 1. The van der Waals surface area contributed by atoms with Crippen LogP contribution in [0, 0.1) is 13.8 Å². The fraction of sp³-hybridized carbons (Fsp3) is 0.500. The molecule has 1 aliphatic heterocycles. The summed E-state index contributed by atoms with van der Waals surface area (Å²) >= 11 is 0. The molecule has 0 radical (unpaired) electrons. The van der Waals surface area contributed by atoms with E-state index >= 15 is 0 Å². The van der Waals surface area contributed by atoms with E-state index in [0.717, 1.165) is 6.61 Å². The number of aromatic nitrogens is 1. The van der Waals surface area contributed by atoms with Gasteiger partial charge in [0.25, 0.3) is 0 Å². The monoisotopic (exact) mass is 137 g/mol. The second kappa shape index (κ2) is 1.86. The molecule has 1 saturated heterocycles. The molecule has 54 valence electrons. The van der Waals surface area contributed by atoms with Crippen LogP contribution in [0.2, 0.25) is 0 Å². The topological polar surface area (TPSA) is 28.3 Å². The zero-order valence-electron chi connectivity index (χ0n) is 6.27. The molecule has 0 bridgehead atoms. The van der Waals surface area contributed by atoms with Crippen LogP contribution < -0.4 is 0 Å². The third-order valence-electron chi connectivity index (χ3n) is 1.87. The van der Waals surface area contributed by atoms with Gasteiger partial charge in [-0.3, -0.25) is 0 Å². The average Bonchev–Trinajstić information content (AvgIpc) is 2.61. The number of hydrogen-bond donors (Lipinski definition) is 1. The maximum absolute atomic E-state index is 5.17. The molecular formula is C8H11NO. The maximum Gasteiger partial charge on any atom is 0.108 e. The zero-order valence-corrected chi connectivity index (χ0v) is 6.27. The van der Waals surface area contributed by atoms with Gasteiger partial charge in [0.2, 0.25) is 0 Å². The van der Waals surface area contributed by atoms with Crippen LogP contribution in [0.1, 0.15) is 23.1 Å². The molecule has 0 saturated carbocycles. The molecule has 1 aromatic rings. The summed E-state index contributed by atoms with van der Waals surface area (Å²) in [4.78, 5) is 3.25. The van der Waals surface area contributed by atoms with E-state index in [2.05, 4.69) is 24.9 Å². The van der Waals surface area contributed by atoms with Crippen LogP contribution in [-0.2, 0) is 4.74 Å². The highest BCUT2D eigenvalue weighted by Crippen LogP contribution is 2.32. The van der Waals surface area contributed by atoms with Gasteiger partial charge in [-0.15, -0.1) is 0 Å². The van der Waals surface area contributed by atoms with Gasteiger partial charge in [-0.2, -0.15) is 0 Å². The van der Waals surface area contributed by atoms with Crippen LogP contribution in [-0.4, -0.2) is 11.6 Å². The van der Waals surface area contributed by atoms with Gasteiger partial charge in [0.15, 0.2) is 0 Å². The molecule has 2 heterocycles. The number of rotatable bonds is 1. The summed E-state index contributed by atoms with van der Waals surface area (Å²) in [5.74, 6) is 0. The summed E-state index contributed by atoms with van der Waals surface area (Å²) in [6.07, 6.45) is 0.393. The lowest BCUT2D eigenvalue weighted by atomic mass is 10.2. The summed E-state index contributed by atoms with van der Waals surface area (Å²) in [5, 5.41) is 0. The Balaban J connectivity index is 2.38. The van der Waals surface area contributed by atoms with Gasteiger partial charge in [-0.25, -0.2) is 0 Å². The van der Waals surface area contributed by atoms with E-state index in [4.69, 9.17) is 4.74 Å². The Labute approximate surface area is 60.2 Å². The van der Waals surface area contributed by atoms with Crippen molar-refractivity contribution in [3.8, 4) is 0 Å². The van der Waals surface area contributed by atoms with Crippen molar-refractivity contribution in [3.63, 3.8) is 0 Å². The summed E-state index contributed by atoms with van der Waals surface area (Å²) in [6, 6.07) is 2.16. The molecule has 1 atom stereocenters.